The number of carboxylic acid groups (broad SMARTS) is 1. The Balaban J connectivity index is 2.14. The summed E-state index contributed by atoms with van der Waals surface area (Å²) in [7, 11) is 1.92. The van der Waals surface area contributed by atoms with Gasteiger partial charge in [0.1, 0.15) is 0 Å². The van der Waals surface area contributed by atoms with E-state index in [0.29, 0.717) is 24.3 Å². The zero-order valence-corrected chi connectivity index (χ0v) is 10.7. The third-order valence-corrected chi connectivity index (χ3v) is 2.87. The van der Waals surface area contributed by atoms with Gasteiger partial charge in [0.05, 0.1) is 18.1 Å². The number of carboxylic acids is 1. The van der Waals surface area contributed by atoms with Gasteiger partial charge < -0.3 is 15.3 Å². The number of anilines is 1. The Labute approximate surface area is 111 Å². The van der Waals surface area contributed by atoms with Gasteiger partial charge in [0.15, 0.2) is 0 Å². The molecule has 0 aliphatic heterocycles. The molecule has 0 radical (unpaired) electrons. The highest BCUT2D eigenvalue weighted by Gasteiger charge is 2.15. The molecule has 0 spiro atoms. The summed E-state index contributed by atoms with van der Waals surface area (Å²) in [6, 6.07) is 7.03. The summed E-state index contributed by atoms with van der Waals surface area (Å²) >= 11 is 0. The van der Waals surface area contributed by atoms with Crippen LogP contribution >= 0.6 is 0 Å². The molecule has 5 heteroatoms. The van der Waals surface area contributed by atoms with E-state index in [1.807, 2.05) is 18.0 Å². The van der Waals surface area contributed by atoms with Crippen LogP contribution in [0.25, 0.3) is 0 Å². The summed E-state index contributed by atoms with van der Waals surface area (Å²) in [5, 5.41) is 9.20. The van der Waals surface area contributed by atoms with Crippen LogP contribution in [0.15, 0.2) is 41.2 Å². The highest BCUT2D eigenvalue weighted by molar-refractivity contribution is 5.95. The van der Waals surface area contributed by atoms with Crippen molar-refractivity contribution in [3.63, 3.8) is 0 Å². The molecule has 0 saturated carbocycles. The predicted molar refractivity (Wildman–Crippen MR) is 71.7 cm³/mol. The van der Waals surface area contributed by atoms with Gasteiger partial charge >= 0.3 is 5.97 Å². The lowest BCUT2D eigenvalue weighted by Crippen LogP contribution is -2.19. The lowest BCUT2D eigenvalue weighted by Gasteiger charge is -2.17. The average Bonchev–Trinajstić information content (AvgIpc) is 2.81. The molecule has 0 aliphatic rings. The molecular formula is C14H16N2O3. The van der Waals surface area contributed by atoms with Gasteiger partial charge in [-0.1, -0.05) is 12.1 Å². The van der Waals surface area contributed by atoms with Crippen LogP contribution in [0.2, 0.25) is 0 Å². The molecule has 2 rings (SSSR count). The molecule has 0 bridgehead atoms. The summed E-state index contributed by atoms with van der Waals surface area (Å²) in [6.45, 7) is 1.20. The van der Waals surface area contributed by atoms with Crippen LogP contribution in [-0.2, 0) is 13.1 Å². The number of benzene rings is 1. The van der Waals surface area contributed by atoms with Crippen molar-refractivity contribution in [2.75, 3.05) is 12.8 Å². The van der Waals surface area contributed by atoms with Gasteiger partial charge in [0.25, 0.3) is 0 Å². The Morgan fingerprint density at radius 3 is 2.79 bits per heavy atom. The fourth-order valence-electron chi connectivity index (χ4n) is 2.05. The van der Waals surface area contributed by atoms with Gasteiger partial charge in [0, 0.05) is 24.3 Å². The Hall–Kier alpha value is -2.27. The maximum atomic E-state index is 11.2. The molecule has 3 N–H and O–H groups in total. The minimum atomic E-state index is -0.996. The van der Waals surface area contributed by atoms with Crippen molar-refractivity contribution >= 4 is 11.7 Å². The zero-order valence-electron chi connectivity index (χ0n) is 10.7. The number of rotatable bonds is 5. The summed E-state index contributed by atoms with van der Waals surface area (Å²) in [5.74, 6) is -0.996. The van der Waals surface area contributed by atoms with Gasteiger partial charge in [-0.25, -0.2) is 4.79 Å². The topological polar surface area (TPSA) is 79.7 Å². The number of nitrogens with two attached hydrogens (primary N) is 1. The van der Waals surface area contributed by atoms with Crippen molar-refractivity contribution in [3.8, 4) is 0 Å². The molecule has 0 amide bonds. The molecular weight excluding hydrogens is 244 g/mol. The Kier molecular flexibility index (Phi) is 3.87. The lowest BCUT2D eigenvalue weighted by molar-refractivity contribution is 0.0696. The molecule has 5 nitrogen and oxygen atoms in total. The number of nitrogens with zero attached hydrogens (tertiary/aromatic N) is 1. The van der Waals surface area contributed by atoms with Crippen molar-refractivity contribution in [1.29, 1.82) is 0 Å². The van der Waals surface area contributed by atoms with Crippen molar-refractivity contribution in [2.24, 2.45) is 0 Å². The van der Waals surface area contributed by atoms with Crippen LogP contribution in [0.4, 0.5) is 5.69 Å². The Bertz CT molecular complexity index is 564. The molecule has 0 fully saturated rings. The number of hydrogen-bond donors (Lipinski definition) is 2. The smallest absolute Gasteiger partial charge is 0.338 e. The van der Waals surface area contributed by atoms with Crippen molar-refractivity contribution in [2.45, 2.75) is 13.1 Å². The van der Waals surface area contributed by atoms with E-state index in [-0.39, 0.29) is 5.56 Å². The summed E-state index contributed by atoms with van der Waals surface area (Å²) in [4.78, 5) is 13.2. The van der Waals surface area contributed by atoms with E-state index in [0.717, 1.165) is 5.56 Å². The van der Waals surface area contributed by atoms with Crippen molar-refractivity contribution < 1.29 is 14.3 Å². The number of carbonyl (C=O) groups is 1. The molecule has 0 atom stereocenters. The molecule has 0 saturated heterocycles. The minimum Gasteiger partial charge on any atom is -0.478 e. The second-order valence-corrected chi connectivity index (χ2v) is 4.49. The van der Waals surface area contributed by atoms with Crippen LogP contribution in [0.1, 0.15) is 21.5 Å². The van der Waals surface area contributed by atoms with E-state index in [2.05, 4.69) is 0 Å². The van der Waals surface area contributed by atoms with E-state index < -0.39 is 5.97 Å². The van der Waals surface area contributed by atoms with Crippen LogP contribution in [-0.4, -0.2) is 23.0 Å². The first-order valence-electron chi connectivity index (χ1n) is 5.88. The first-order valence-corrected chi connectivity index (χ1v) is 5.88. The standard InChI is InChI=1S/C14H16N2O3/c1-16(7-10-5-6-19-9-10)8-11-3-2-4-12(15)13(11)14(17)18/h2-6,9H,7-8,15H2,1H3,(H,17,18). The van der Waals surface area contributed by atoms with Gasteiger partial charge in [-0.05, 0) is 24.7 Å². The van der Waals surface area contributed by atoms with E-state index in [1.54, 1.807) is 30.7 Å². The molecule has 1 heterocycles. The van der Waals surface area contributed by atoms with Crippen LogP contribution in [0.5, 0.6) is 0 Å². The largest absolute Gasteiger partial charge is 0.478 e. The number of nitrogen functional groups attached to an aromatic ring is 1. The van der Waals surface area contributed by atoms with Gasteiger partial charge in [-0.2, -0.15) is 0 Å². The first kappa shape index (κ1) is 13.2. The maximum Gasteiger partial charge on any atom is 0.338 e. The fraction of sp³-hybridized carbons (Fsp3) is 0.214. The predicted octanol–water partition coefficient (Wildman–Crippen LogP) is 2.19. The number of aromatic carboxylic acids is 1. The van der Waals surface area contributed by atoms with E-state index in [4.69, 9.17) is 10.2 Å². The maximum absolute atomic E-state index is 11.2. The molecule has 100 valence electrons. The Morgan fingerprint density at radius 2 is 2.16 bits per heavy atom. The Morgan fingerprint density at radius 1 is 1.37 bits per heavy atom. The molecule has 1 aromatic carbocycles. The van der Waals surface area contributed by atoms with Crippen molar-refractivity contribution in [3.05, 3.63) is 53.5 Å². The van der Waals surface area contributed by atoms with Gasteiger partial charge in [0.2, 0.25) is 0 Å². The summed E-state index contributed by atoms with van der Waals surface area (Å²) in [6.07, 6.45) is 3.29. The van der Waals surface area contributed by atoms with E-state index in [1.165, 1.54) is 0 Å². The molecule has 19 heavy (non-hydrogen) atoms. The van der Waals surface area contributed by atoms with Crippen LogP contribution in [0, 0.1) is 0 Å². The minimum absolute atomic E-state index is 0.182. The normalized spacial score (nSPS) is 10.8. The quantitative estimate of drug-likeness (QED) is 0.805. The SMILES string of the molecule is CN(Cc1ccoc1)Cc1cccc(N)c1C(=O)O. The highest BCUT2D eigenvalue weighted by atomic mass is 16.4. The molecule has 2 aromatic rings. The summed E-state index contributed by atoms with van der Waals surface area (Å²) < 4.78 is 5.01. The van der Waals surface area contributed by atoms with Gasteiger partial charge in [-0.15, -0.1) is 0 Å². The van der Waals surface area contributed by atoms with E-state index >= 15 is 0 Å². The molecule has 0 aliphatic carbocycles. The molecule has 1 aromatic heterocycles. The first-order chi connectivity index (χ1) is 9.08. The van der Waals surface area contributed by atoms with Crippen molar-refractivity contribution in [1.82, 2.24) is 4.90 Å². The van der Waals surface area contributed by atoms with Crippen LogP contribution in [0.3, 0.4) is 0 Å². The average molecular weight is 260 g/mol. The summed E-state index contributed by atoms with van der Waals surface area (Å²) in [5.41, 5.74) is 7.95. The third-order valence-electron chi connectivity index (χ3n) is 2.87. The second-order valence-electron chi connectivity index (χ2n) is 4.49. The third kappa shape index (κ3) is 3.14. The number of hydrogen-bond acceptors (Lipinski definition) is 4. The molecule has 0 unspecified atom stereocenters. The number of furan rings is 1. The highest BCUT2D eigenvalue weighted by Crippen LogP contribution is 2.19. The van der Waals surface area contributed by atoms with Crippen LogP contribution < -0.4 is 5.73 Å². The van der Waals surface area contributed by atoms with E-state index in [9.17, 15) is 9.90 Å². The monoisotopic (exact) mass is 260 g/mol. The zero-order chi connectivity index (χ0) is 13.8. The van der Waals surface area contributed by atoms with Gasteiger partial charge in [-0.3, -0.25) is 4.90 Å². The lowest BCUT2D eigenvalue weighted by atomic mass is 10.0. The fourth-order valence-corrected chi connectivity index (χ4v) is 2.05. The second kappa shape index (κ2) is 5.58.